The van der Waals surface area contributed by atoms with Crippen molar-refractivity contribution >= 4 is 16.5 Å². The van der Waals surface area contributed by atoms with Crippen LogP contribution in [-0.2, 0) is 0 Å². The Morgan fingerprint density at radius 1 is 1.03 bits per heavy atom. The van der Waals surface area contributed by atoms with Crippen LogP contribution in [0.1, 0.15) is 32.1 Å². The van der Waals surface area contributed by atoms with Gasteiger partial charge in [-0.25, -0.2) is 4.98 Å². The SMILES string of the molecule is ON=c1cc(-c2cc3cccn3cn2)oc2ccc(OCCN3CCC(N4CCCCC4)CC3)cc12. The molecule has 4 aromatic rings. The van der Waals surface area contributed by atoms with Gasteiger partial charge in [0.15, 0.2) is 5.76 Å². The van der Waals surface area contributed by atoms with E-state index in [-0.39, 0.29) is 0 Å². The minimum Gasteiger partial charge on any atom is -0.492 e. The Hall–Kier alpha value is -3.36. The summed E-state index contributed by atoms with van der Waals surface area (Å²) in [6.45, 7) is 6.39. The van der Waals surface area contributed by atoms with Gasteiger partial charge in [0.05, 0.1) is 11.7 Å². The van der Waals surface area contributed by atoms with E-state index in [1.807, 2.05) is 47.0 Å². The third kappa shape index (κ3) is 4.83. The normalized spacial score (nSPS) is 18.8. The lowest BCUT2D eigenvalue weighted by molar-refractivity contribution is 0.0858. The number of rotatable bonds is 6. The first-order chi connectivity index (χ1) is 17.8. The first-order valence-corrected chi connectivity index (χ1v) is 13.1. The molecule has 0 bridgehead atoms. The van der Waals surface area contributed by atoms with Crippen molar-refractivity contribution in [2.45, 2.75) is 38.1 Å². The highest BCUT2D eigenvalue weighted by Crippen LogP contribution is 2.25. The second-order valence-electron chi connectivity index (χ2n) is 9.89. The Kier molecular flexibility index (Phi) is 6.61. The highest BCUT2D eigenvalue weighted by molar-refractivity contribution is 5.80. The number of ether oxygens (including phenoxy) is 1. The van der Waals surface area contributed by atoms with Crippen LogP contribution in [0.4, 0.5) is 0 Å². The van der Waals surface area contributed by atoms with E-state index in [1.54, 1.807) is 12.4 Å². The smallest absolute Gasteiger partial charge is 0.155 e. The van der Waals surface area contributed by atoms with Crippen molar-refractivity contribution < 1.29 is 14.4 Å². The molecule has 0 radical (unpaired) electrons. The fourth-order valence-corrected chi connectivity index (χ4v) is 5.60. The molecule has 0 amide bonds. The molecule has 8 nitrogen and oxygen atoms in total. The second-order valence-corrected chi connectivity index (χ2v) is 9.89. The number of hydrogen-bond donors (Lipinski definition) is 1. The predicted octanol–water partition coefficient (Wildman–Crippen LogP) is 4.37. The molecule has 3 aromatic heterocycles. The van der Waals surface area contributed by atoms with E-state index in [1.165, 1.54) is 45.2 Å². The third-order valence-electron chi connectivity index (χ3n) is 7.63. The maximum atomic E-state index is 9.71. The zero-order valence-corrected chi connectivity index (χ0v) is 20.6. The number of likely N-dealkylation sites (tertiary alicyclic amines) is 2. The Morgan fingerprint density at radius 2 is 1.89 bits per heavy atom. The number of aromatic nitrogens is 2. The zero-order valence-electron chi connectivity index (χ0n) is 20.6. The van der Waals surface area contributed by atoms with Crippen LogP contribution >= 0.6 is 0 Å². The van der Waals surface area contributed by atoms with Gasteiger partial charge in [-0.1, -0.05) is 11.6 Å². The number of benzene rings is 1. The topological polar surface area (TPSA) is 78.7 Å². The van der Waals surface area contributed by atoms with Gasteiger partial charge >= 0.3 is 0 Å². The molecule has 1 aromatic carbocycles. The Bertz CT molecular complexity index is 1400. The maximum Gasteiger partial charge on any atom is 0.155 e. The minimum atomic E-state index is 0.425. The Morgan fingerprint density at radius 3 is 2.72 bits per heavy atom. The van der Waals surface area contributed by atoms with Crippen molar-refractivity contribution in [1.29, 1.82) is 0 Å². The van der Waals surface area contributed by atoms with Gasteiger partial charge in [-0.3, -0.25) is 4.90 Å². The molecule has 8 heteroatoms. The van der Waals surface area contributed by atoms with Crippen LogP contribution in [0.2, 0.25) is 0 Å². The molecule has 2 fully saturated rings. The monoisotopic (exact) mass is 487 g/mol. The van der Waals surface area contributed by atoms with Gasteiger partial charge in [-0.15, -0.1) is 0 Å². The molecule has 0 saturated carbocycles. The molecule has 2 aliphatic heterocycles. The molecule has 0 aliphatic carbocycles. The summed E-state index contributed by atoms with van der Waals surface area (Å²) in [5, 5.41) is 14.3. The van der Waals surface area contributed by atoms with Gasteiger partial charge in [-0.2, -0.15) is 0 Å². The molecule has 0 spiro atoms. The Labute approximate surface area is 210 Å². The third-order valence-corrected chi connectivity index (χ3v) is 7.63. The minimum absolute atomic E-state index is 0.425. The summed E-state index contributed by atoms with van der Waals surface area (Å²) in [5.74, 6) is 1.28. The van der Waals surface area contributed by atoms with Gasteiger partial charge < -0.3 is 23.7 Å². The van der Waals surface area contributed by atoms with Crippen LogP contribution in [0.3, 0.4) is 0 Å². The fourth-order valence-electron chi connectivity index (χ4n) is 5.60. The molecule has 5 heterocycles. The number of fused-ring (bicyclic) bond motifs is 2. The van der Waals surface area contributed by atoms with Crippen LogP contribution in [0.15, 0.2) is 64.6 Å². The molecular formula is C28H33N5O3. The summed E-state index contributed by atoms with van der Waals surface area (Å²) >= 11 is 0. The maximum absolute atomic E-state index is 9.71. The van der Waals surface area contributed by atoms with Crippen molar-refractivity contribution in [2.75, 3.05) is 39.3 Å². The number of hydrogen-bond acceptors (Lipinski definition) is 7. The molecular weight excluding hydrogens is 454 g/mol. The summed E-state index contributed by atoms with van der Waals surface area (Å²) < 4.78 is 14.1. The molecule has 1 N–H and O–H groups in total. The first-order valence-electron chi connectivity index (χ1n) is 13.1. The van der Waals surface area contributed by atoms with Gasteiger partial charge in [0.2, 0.25) is 0 Å². The van der Waals surface area contributed by atoms with Crippen molar-refractivity contribution in [3.63, 3.8) is 0 Å². The standard InChI is InChI=1S/C28H33N5O3/c34-30-25-19-28(26-17-22-5-4-12-33(22)20-29-26)36-27-7-6-23(18-24(25)27)35-16-15-31-13-8-21(9-14-31)32-10-2-1-3-11-32/h4-7,12,17-21,34H,1-3,8-11,13-16H2. The van der Waals surface area contributed by atoms with Gasteiger partial charge in [-0.05, 0) is 88.3 Å². The van der Waals surface area contributed by atoms with E-state index >= 15 is 0 Å². The summed E-state index contributed by atoms with van der Waals surface area (Å²) in [6.07, 6.45) is 10.3. The molecule has 2 saturated heterocycles. The number of nitrogens with zero attached hydrogens (tertiary/aromatic N) is 5. The van der Waals surface area contributed by atoms with E-state index in [9.17, 15) is 5.21 Å². The average molecular weight is 488 g/mol. The van der Waals surface area contributed by atoms with Gasteiger partial charge in [0.25, 0.3) is 0 Å². The van der Waals surface area contributed by atoms with Crippen LogP contribution in [0, 0.1) is 0 Å². The molecule has 2 aliphatic rings. The van der Waals surface area contributed by atoms with Crippen LogP contribution in [-0.4, -0.2) is 69.8 Å². The van der Waals surface area contributed by atoms with Crippen LogP contribution in [0.25, 0.3) is 27.9 Å². The lowest BCUT2D eigenvalue weighted by Gasteiger charge is -2.40. The zero-order chi connectivity index (χ0) is 24.3. The van der Waals surface area contributed by atoms with E-state index in [0.717, 1.165) is 36.9 Å². The van der Waals surface area contributed by atoms with Crippen LogP contribution in [0.5, 0.6) is 5.75 Å². The number of piperidine rings is 2. The molecule has 36 heavy (non-hydrogen) atoms. The quantitative estimate of drug-likeness (QED) is 0.322. The van der Waals surface area contributed by atoms with Gasteiger partial charge in [0, 0.05) is 30.4 Å². The lowest BCUT2D eigenvalue weighted by Crippen LogP contribution is -2.47. The van der Waals surface area contributed by atoms with Crippen molar-refractivity contribution in [2.24, 2.45) is 5.16 Å². The second kappa shape index (κ2) is 10.3. The van der Waals surface area contributed by atoms with Crippen LogP contribution < -0.4 is 10.1 Å². The molecule has 0 unspecified atom stereocenters. The Balaban J connectivity index is 1.10. The largest absolute Gasteiger partial charge is 0.492 e. The van der Waals surface area contributed by atoms with E-state index < -0.39 is 0 Å². The van der Waals surface area contributed by atoms with E-state index in [4.69, 9.17) is 9.15 Å². The summed E-state index contributed by atoms with van der Waals surface area (Å²) in [5.41, 5.74) is 2.30. The average Bonchev–Trinajstić information content (AvgIpc) is 3.41. The van der Waals surface area contributed by atoms with Crippen molar-refractivity contribution in [3.8, 4) is 17.2 Å². The molecule has 6 rings (SSSR count). The summed E-state index contributed by atoms with van der Waals surface area (Å²) in [4.78, 5) is 9.70. The van der Waals surface area contributed by atoms with E-state index in [0.29, 0.717) is 34.4 Å². The molecule has 188 valence electrons. The lowest BCUT2D eigenvalue weighted by atomic mass is 10.00. The fraction of sp³-hybridized carbons (Fsp3) is 0.429. The highest BCUT2D eigenvalue weighted by Gasteiger charge is 2.25. The summed E-state index contributed by atoms with van der Waals surface area (Å²) in [6, 6.07) is 14.0. The molecule has 0 atom stereocenters. The summed E-state index contributed by atoms with van der Waals surface area (Å²) in [7, 11) is 0. The van der Waals surface area contributed by atoms with E-state index in [2.05, 4.69) is 19.9 Å². The predicted molar refractivity (Wildman–Crippen MR) is 138 cm³/mol. The highest BCUT2D eigenvalue weighted by atomic mass is 16.5. The van der Waals surface area contributed by atoms with Gasteiger partial charge in [0.1, 0.15) is 29.0 Å². The van der Waals surface area contributed by atoms with Crippen molar-refractivity contribution in [1.82, 2.24) is 19.2 Å². The first kappa shape index (κ1) is 23.1. The van der Waals surface area contributed by atoms with Crippen molar-refractivity contribution in [3.05, 3.63) is 60.3 Å².